The first-order valence-electron chi connectivity index (χ1n) is 3.35. The molecule has 4 heteroatoms. The van der Waals surface area contributed by atoms with E-state index < -0.39 is 5.91 Å². The number of nitrogens with one attached hydrogen (secondary N) is 1. The monoisotopic (exact) mass is 164 g/mol. The van der Waals surface area contributed by atoms with E-state index in [2.05, 4.69) is 4.98 Å². The zero-order chi connectivity index (χ0) is 8.97. The highest BCUT2D eigenvalue weighted by Crippen LogP contribution is 1.94. The molecule has 0 unspecified atom stereocenters. The number of pyridine rings is 1. The third-order valence-corrected chi connectivity index (χ3v) is 1.24. The molecule has 1 amide bonds. The van der Waals surface area contributed by atoms with Gasteiger partial charge in [0, 0.05) is 18.3 Å². The summed E-state index contributed by atoms with van der Waals surface area (Å²) in [5, 5.41) is 0. The van der Waals surface area contributed by atoms with Crippen LogP contribution in [0.4, 0.5) is 0 Å². The van der Waals surface area contributed by atoms with Gasteiger partial charge in [-0.1, -0.05) is 0 Å². The van der Waals surface area contributed by atoms with Gasteiger partial charge >= 0.3 is 0 Å². The fourth-order valence-electron chi connectivity index (χ4n) is 0.743. The summed E-state index contributed by atoms with van der Waals surface area (Å²) >= 11 is 0. The molecule has 0 saturated heterocycles. The predicted molar refractivity (Wildman–Crippen MR) is 45.3 cm³/mol. The highest BCUT2D eigenvalue weighted by molar-refractivity contribution is 5.90. The second-order valence-corrected chi connectivity index (χ2v) is 2.22. The molecule has 12 heavy (non-hydrogen) atoms. The van der Waals surface area contributed by atoms with Crippen molar-refractivity contribution in [3.05, 3.63) is 40.3 Å². The van der Waals surface area contributed by atoms with Gasteiger partial charge in [-0.3, -0.25) is 9.59 Å². The van der Waals surface area contributed by atoms with Crippen LogP contribution in [0.2, 0.25) is 0 Å². The van der Waals surface area contributed by atoms with Gasteiger partial charge in [0.15, 0.2) is 0 Å². The quantitative estimate of drug-likeness (QED) is 0.597. The summed E-state index contributed by atoms with van der Waals surface area (Å²) in [5.41, 5.74) is 5.31. The van der Waals surface area contributed by atoms with Crippen LogP contribution in [0.1, 0.15) is 5.56 Å². The third kappa shape index (κ3) is 2.42. The second kappa shape index (κ2) is 3.52. The van der Waals surface area contributed by atoms with Crippen molar-refractivity contribution in [1.29, 1.82) is 0 Å². The third-order valence-electron chi connectivity index (χ3n) is 1.24. The van der Waals surface area contributed by atoms with Gasteiger partial charge in [-0.2, -0.15) is 0 Å². The number of hydrogen-bond acceptors (Lipinski definition) is 2. The Bertz CT molecular complexity index is 365. The minimum atomic E-state index is -0.532. The van der Waals surface area contributed by atoms with E-state index in [1.54, 1.807) is 6.07 Å². The van der Waals surface area contributed by atoms with E-state index in [0.717, 1.165) is 0 Å². The summed E-state index contributed by atoms with van der Waals surface area (Å²) in [6, 6.07) is 3.04. The molecular weight excluding hydrogens is 156 g/mol. The number of carbonyl (C=O) groups is 1. The fourth-order valence-corrected chi connectivity index (χ4v) is 0.743. The van der Waals surface area contributed by atoms with Gasteiger partial charge in [0.05, 0.1) is 0 Å². The maximum Gasteiger partial charge on any atom is 0.248 e. The molecule has 1 aromatic rings. The molecule has 1 rings (SSSR count). The second-order valence-electron chi connectivity index (χ2n) is 2.22. The van der Waals surface area contributed by atoms with Gasteiger partial charge in [0.2, 0.25) is 11.5 Å². The number of nitrogens with two attached hydrogens (primary N) is 1. The van der Waals surface area contributed by atoms with Gasteiger partial charge in [-0.25, -0.2) is 0 Å². The lowest BCUT2D eigenvalue weighted by Crippen LogP contribution is -2.06. The average Bonchev–Trinajstić information content (AvgIpc) is 2.01. The summed E-state index contributed by atoms with van der Waals surface area (Å²) in [6.07, 6.45) is 4.19. The Kier molecular flexibility index (Phi) is 2.42. The summed E-state index contributed by atoms with van der Waals surface area (Å²) in [4.78, 5) is 23.5. The van der Waals surface area contributed by atoms with Crippen molar-refractivity contribution in [2.24, 2.45) is 5.73 Å². The zero-order valence-corrected chi connectivity index (χ0v) is 6.28. The average molecular weight is 164 g/mol. The van der Waals surface area contributed by atoms with Gasteiger partial charge < -0.3 is 10.7 Å². The van der Waals surface area contributed by atoms with Gasteiger partial charge in [0.1, 0.15) is 0 Å². The van der Waals surface area contributed by atoms with E-state index >= 15 is 0 Å². The van der Waals surface area contributed by atoms with Crippen LogP contribution in [0.25, 0.3) is 6.08 Å². The van der Waals surface area contributed by atoms with Crippen molar-refractivity contribution in [3.63, 3.8) is 0 Å². The molecule has 0 bridgehead atoms. The van der Waals surface area contributed by atoms with E-state index in [1.807, 2.05) is 0 Å². The lowest BCUT2D eigenvalue weighted by Gasteiger charge is -1.88. The van der Waals surface area contributed by atoms with E-state index in [9.17, 15) is 9.59 Å². The van der Waals surface area contributed by atoms with Gasteiger partial charge in [-0.05, 0) is 17.7 Å². The molecule has 4 nitrogen and oxygen atoms in total. The summed E-state index contributed by atoms with van der Waals surface area (Å²) < 4.78 is 0. The fraction of sp³-hybridized carbons (Fsp3) is 0. The Morgan fingerprint density at radius 1 is 1.58 bits per heavy atom. The van der Waals surface area contributed by atoms with Crippen LogP contribution in [0.15, 0.2) is 29.2 Å². The number of rotatable bonds is 2. The lowest BCUT2D eigenvalue weighted by atomic mass is 10.2. The van der Waals surface area contributed by atoms with Crippen molar-refractivity contribution in [3.8, 4) is 0 Å². The Morgan fingerprint density at radius 2 is 2.33 bits per heavy atom. The molecule has 0 aliphatic carbocycles. The molecule has 0 saturated carbocycles. The molecule has 0 aliphatic heterocycles. The van der Waals surface area contributed by atoms with E-state index in [1.165, 1.54) is 24.4 Å². The number of aromatic amines is 1. The molecular formula is C8H8N2O2. The molecule has 0 spiro atoms. The Morgan fingerprint density at radius 3 is 2.92 bits per heavy atom. The van der Waals surface area contributed by atoms with Crippen LogP contribution in [-0.2, 0) is 4.79 Å². The van der Waals surface area contributed by atoms with Gasteiger partial charge in [0.25, 0.3) is 0 Å². The molecule has 0 atom stereocenters. The highest BCUT2D eigenvalue weighted by Gasteiger charge is 1.88. The number of carbonyl (C=O) groups excluding carboxylic acids is 1. The minimum absolute atomic E-state index is 0.207. The molecule has 0 aromatic carbocycles. The van der Waals surface area contributed by atoms with Crippen LogP contribution < -0.4 is 11.3 Å². The van der Waals surface area contributed by atoms with Crippen LogP contribution >= 0.6 is 0 Å². The first-order valence-corrected chi connectivity index (χ1v) is 3.35. The normalized spacial score (nSPS) is 10.3. The first kappa shape index (κ1) is 8.26. The minimum Gasteiger partial charge on any atom is -0.366 e. The lowest BCUT2D eigenvalue weighted by molar-refractivity contribution is -0.113. The first-order chi connectivity index (χ1) is 5.68. The zero-order valence-electron chi connectivity index (χ0n) is 6.28. The largest absolute Gasteiger partial charge is 0.366 e. The maximum absolute atomic E-state index is 10.7. The van der Waals surface area contributed by atoms with Crippen LogP contribution in [0.3, 0.4) is 0 Å². The highest BCUT2D eigenvalue weighted by atomic mass is 16.1. The molecule has 0 fully saturated rings. The number of aromatic nitrogens is 1. The molecule has 0 radical (unpaired) electrons. The Balaban J connectivity index is 2.90. The van der Waals surface area contributed by atoms with E-state index in [0.29, 0.717) is 5.56 Å². The molecule has 0 aliphatic rings. The predicted octanol–water partition coefficient (Wildman–Crippen LogP) is -0.127. The van der Waals surface area contributed by atoms with Crippen LogP contribution in [0.5, 0.6) is 0 Å². The summed E-state index contributed by atoms with van der Waals surface area (Å²) in [5.74, 6) is -0.532. The van der Waals surface area contributed by atoms with Crippen molar-refractivity contribution in [2.45, 2.75) is 0 Å². The Hall–Kier alpha value is -1.84. The van der Waals surface area contributed by atoms with Crippen LogP contribution in [0, 0.1) is 0 Å². The number of primary amides is 1. The standard InChI is InChI=1S/C8H8N2O2/c9-7(11)2-1-6-3-4-10-8(12)5-6/h1-5H,(H2,9,11)(H,10,12). The van der Waals surface area contributed by atoms with E-state index in [4.69, 9.17) is 5.73 Å². The van der Waals surface area contributed by atoms with E-state index in [-0.39, 0.29) is 5.56 Å². The number of amides is 1. The molecule has 1 aromatic heterocycles. The van der Waals surface area contributed by atoms with Crippen molar-refractivity contribution >= 4 is 12.0 Å². The number of H-pyrrole nitrogens is 1. The smallest absolute Gasteiger partial charge is 0.248 e. The Labute approximate surface area is 68.7 Å². The van der Waals surface area contributed by atoms with Crippen molar-refractivity contribution in [2.75, 3.05) is 0 Å². The molecule has 1 heterocycles. The molecule has 3 N–H and O–H groups in total. The SMILES string of the molecule is NC(=O)C=Cc1cc[nH]c(=O)c1. The van der Waals surface area contributed by atoms with Crippen molar-refractivity contribution < 1.29 is 4.79 Å². The van der Waals surface area contributed by atoms with Crippen molar-refractivity contribution in [1.82, 2.24) is 4.98 Å². The summed E-state index contributed by atoms with van der Waals surface area (Å²) in [7, 11) is 0. The molecule has 62 valence electrons. The number of hydrogen-bond donors (Lipinski definition) is 2. The maximum atomic E-state index is 10.7. The summed E-state index contributed by atoms with van der Waals surface area (Å²) in [6.45, 7) is 0. The van der Waals surface area contributed by atoms with Crippen LogP contribution in [-0.4, -0.2) is 10.9 Å². The van der Waals surface area contributed by atoms with Gasteiger partial charge in [-0.15, -0.1) is 0 Å². The topological polar surface area (TPSA) is 76.0 Å².